The molecule has 7 nitrogen and oxygen atoms in total. The number of halogens is 3. The summed E-state index contributed by atoms with van der Waals surface area (Å²) in [6.07, 6.45) is 4.85. The largest absolute Gasteiger partial charge is 0.417 e. The number of hydrogen-bond acceptors (Lipinski definition) is 5. The molecule has 3 aromatic rings. The van der Waals surface area contributed by atoms with Crippen LogP contribution < -0.4 is 10.2 Å². The van der Waals surface area contributed by atoms with E-state index < -0.39 is 11.7 Å². The maximum Gasteiger partial charge on any atom is 0.417 e. The van der Waals surface area contributed by atoms with Crippen molar-refractivity contribution in [1.82, 2.24) is 20.1 Å². The van der Waals surface area contributed by atoms with Gasteiger partial charge in [0.1, 0.15) is 12.2 Å². The lowest BCUT2D eigenvalue weighted by atomic mass is 9.78. The summed E-state index contributed by atoms with van der Waals surface area (Å²) in [5.41, 5.74) is 2.59. The van der Waals surface area contributed by atoms with Crippen LogP contribution in [0.15, 0.2) is 36.7 Å². The van der Waals surface area contributed by atoms with E-state index in [9.17, 15) is 18.0 Å². The first-order chi connectivity index (χ1) is 20.5. The molecule has 1 amide bonds. The van der Waals surface area contributed by atoms with Crippen LogP contribution in [0.5, 0.6) is 0 Å². The molecule has 1 aliphatic heterocycles. The molecule has 2 aliphatic carbocycles. The van der Waals surface area contributed by atoms with Gasteiger partial charge in [-0.1, -0.05) is 18.6 Å². The van der Waals surface area contributed by atoms with E-state index >= 15 is 0 Å². The van der Waals surface area contributed by atoms with E-state index in [1.165, 1.54) is 11.0 Å². The minimum absolute atomic E-state index is 0.0150. The zero-order valence-corrected chi connectivity index (χ0v) is 25.1. The number of nitrogens with one attached hydrogen (secondary N) is 1. The fourth-order valence-electron chi connectivity index (χ4n) is 6.74. The minimum Gasteiger partial charge on any atom is -0.381 e. The second-order valence-corrected chi connectivity index (χ2v) is 12.8. The molecule has 0 unspecified atom stereocenters. The molecule has 0 saturated heterocycles. The predicted octanol–water partition coefficient (Wildman–Crippen LogP) is 6.14. The van der Waals surface area contributed by atoms with Crippen LogP contribution in [0.2, 0.25) is 0 Å². The number of rotatable bonds is 11. The predicted molar refractivity (Wildman–Crippen MR) is 158 cm³/mol. The van der Waals surface area contributed by atoms with Gasteiger partial charge in [0.2, 0.25) is 0 Å². The number of carbonyl (C=O) groups excluding carboxylic acids is 1. The van der Waals surface area contributed by atoms with Crippen molar-refractivity contribution in [1.29, 1.82) is 0 Å². The molecule has 0 bridgehead atoms. The third-order valence-electron chi connectivity index (χ3n) is 9.78. The normalized spacial score (nSPS) is 18.8. The maximum absolute atomic E-state index is 14.6. The zero-order valence-electron chi connectivity index (χ0n) is 25.1. The van der Waals surface area contributed by atoms with Crippen molar-refractivity contribution in [2.45, 2.75) is 95.0 Å². The molecule has 230 valence electrons. The molecule has 1 N–H and O–H groups in total. The number of aromatic nitrogens is 3. The number of fused-ring (bicyclic) bond motifs is 1. The van der Waals surface area contributed by atoms with Crippen LogP contribution in [0.3, 0.4) is 0 Å². The number of hydrogen-bond donors (Lipinski definition) is 1. The van der Waals surface area contributed by atoms with Crippen LogP contribution in [0.4, 0.5) is 18.9 Å². The number of anilines is 1. The van der Waals surface area contributed by atoms with Gasteiger partial charge in [0.05, 0.1) is 18.2 Å². The van der Waals surface area contributed by atoms with Crippen molar-refractivity contribution in [2.75, 3.05) is 18.6 Å². The Labute approximate surface area is 250 Å². The summed E-state index contributed by atoms with van der Waals surface area (Å²) in [5.74, 6) is 0.812. The molecule has 0 spiro atoms. The topological polar surface area (TPSA) is 72.3 Å². The summed E-state index contributed by atoms with van der Waals surface area (Å²) in [6, 6.07) is 9.19. The van der Waals surface area contributed by atoms with E-state index in [0.29, 0.717) is 31.0 Å². The van der Waals surface area contributed by atoms with Gasteiger partial charge < -0.3 is 19.5 Å². The standard InChI is InChI=1S/C33H40F3N5O2/c1-32(11-5-12-32)37-13-10-23-8-9-27-28(30(23)33(34,35)36)19-41(31(27)42)25-15-21(14-24(17-25)22-6-4-7-22)16-26(43-3)18-29-39-38-20-40(29)2/h8-9,14-15,17,20,22,26,37H,4-7,10-13,16,18-19H2,1-3H3/t26-/m1/s1. The Bertz CT molecular complexity index is 1490. The van der Waals surface area contributed by atoms with E-state index in [1.807, 2.05) is 23.7 Å². The number of benzene rings is 2. The number of carbonyl (C=O) groups is 1. The highest BCUT2D eigenvalue weighted by Gasteiger charge is 2.42. The lowest BCUT2D eigenvalue weighted by molar-refractivity contribution is -0.138. The number of methoxy groups -OCH3 is 1. The third kappa shape index (κ3) is 6.09. The first-order valence-electron chi connectivity index (χ1n) is 15.3. The van der Waals surface area contributed by atoms with Gasteiger partial charge in [-0.2, -0.15) is 13.2 Å². The van der Waals surface area contributed by atoms with E-state index in [-0.39, 0.29) is 47.2 Å². The van der Waals surface area contributed by atoms with Gasteiger partial charge in [-0.05, 0) is 105 Å². The molecule has 1 atom stereocenters. The van der Waals surface area contributed by atoms with Crippen LogP contribution in [0.25, 0.3) is 0 Å². The van der Waals surface area contributed by atoms with E-state index in [0.717, 1.165) is 55.5 Å². The van der Waals surface area contributed by atoms with Gasteiger partial charge >= 0.3 is 6.18 Å². The van der Waals surface area contributed by atoms with Crippen molar-refractivity contribution < 1.29 is 22.7 Å². The Morgan fingerprint density at radius 1 is 1.14 bits per heavy atom. The second-order valence-electron chi connectivity index (χ2n) is 12.8. The molecular weight excluding hydrogens is 555 g/mol. The van der Waals surface area contributed by atoms with Crippen molar-refractivity contribution in [2.24, 2.45) is 7.05 Å². The van der Waals surface area contributed by atoms with Crippen molar-refractivity contribution in [3.05, 3.63) is 75.9 Å². The lowest BCUT2D eigenvalue weighted by Gasteiger charge is -2.39. The first-order valence-corrected chi connectivity index (χ1v) is 15.3. The fraction of sp³-hybridized carbons (Fsp3) is 0.545. The Morgan fingerprint density at radius 3 is 2.53 bits per heavy atom. The molecule has 2 saturated carbocycles. The number of ether oxygens (including phenoxy) is 1. The molecule has 10 heteroatoms. The van der Waals surface area contributed by atoms with Crippen LogP contribution in [-0.2, 0) is 43.8 Å². The Balaban J connectivity index is 1.28. The van der Waals surface area contributed by atoms with Crippen LogP contribution in [-0.4, -0.2) is 46.0 Å². The highest BCUT2D eigenvalue weighted by molar-refractivity contribution is 6.10. The number of amides is 1. The maximum atomic E-state index is 14.6. The van der Waals surface area contributed by atoms with Crippen molar-refractivity contribution in [3.63, 3.8) is 0 Å². The molecular formula is C33H40F3N5O2. The molecule has 3 aliphatic rings. The Kier molecular flexibility index (Phi) is 8.10. The zero-order chi connectivity index (χ0) is 30.4. The number of aryl methyl sites for hydroxylation is 1. The summed E-state index contributed by atoms with van der Waals surface area (Å²) in [5, 5.41) is 11.6. The molecule has 6 rings (SSSR count). The molecule has 2 heterocycles. The van der Waals surface area contributed by atoms with Gasteiger partial charge in [0.15, 0.2) is 0 Å². The summed E-state index contributed by atoms with van der Waals surface area (Å²) in [7, 11) is 3.55. The summed E-state index contributed by atoms with van der Waals surface area (Å²) in [4.78, 5) is 15.2. The van der Waals surface area contributed by atoms with Gasteiger partial charge in [0, 0.05) is 37.4 Å². The smallest absolute Gasteiger partial charge is 0.381 e. The Hall–Kier alpha value is -3.24. The van der Waals surface area contributed by atoms with Gasteiger partial charge in [0.25, 0.3) is 5.91 Å². The average molecular weight is 596 g/mol. The summed E-state index contributed by atoms with van der Waals surface area (Å²) < 4.78 is 51.4. The van der Waals surface area contributed by atoms with Gasteiger partial charge in [-0.15, -0.1) is 10.2 Å². The van der Waals surface area contributed by atoms with Crippen LogP contribution >= 0.6 is 0 Å². The second kappa shape index (κ2) is 11.7. The number of nitrogens with zero attached hydrogens (tertiary/aromatic N) is 4. The SMILES string of the molecule is CO[C@H](Cc1cc(C2CCC2)cc(N2Cc3c(ccc(CCNC4(C)CCC4)c3C(F)(F)F)C2=O)c1)Cc1nncn1C. The van der Waals surface area contributed by atoms with E-state index in [2.05, 4.69) is 28.5 Å². The average Bonchev–Trinajstić information content (AvgIpc) is 3.47. The third-order valence-corrected chi connectivity index (χ3v) is 9.78. The Morgan fingerprint density at radius 2 is 1.93 bits per heavy atom. The quantitative estimate of drug-likeness (QED) is 0.289. The summed E-state index contributed by atoms with van der Waals surface area (Å²) in [6.45, 7) is 2.50. The van der Waals surface area contributed by atoms with E-state index in [1.54, 1.807) is 19.5 Å². The molecule has 0 radical (unpaired) electrons. The van der Waals surface area contributed by atoms with Crippen LogP contribution in [0, 0.1) is 0 Å². The highest BCUT2D eigenvalue weighted by atomic mass is 19.4. The number of alkyl halides is 3. The highest BCUT2D eigenvalue weighted by Crippen LogP contribution is 2.43. The lowest BCUT2D eigenvalue weighted by Crippen LogP contribution is -2.48. The van der Waals surface area contributed by atoms with Crippen molar-refractivity contribution in [3.8, 4) is 0 Å². The van der Waals surface area contributed by atoms with Gasteiger partial charge in [-0.3, -0.25) is 4.79 Å². The minimum atomic E-state index is -4.55. The molecule has 2 aromatic carbocycles. The van der Waals surface area contributed by atoms with E-state index in [4.69, 9.17) is 4.74 Å². The molecule has 1 aromatic heterocycles. The summed E-state index contributed by atoms with van der Waals surface area (Å²) >= 11 is 0. The van der Waals surface area contributed by atoms with Gasteiger partial charge in [-0.25, -0.2) is 0 Å². The van der Waals surface area contributed by atoms with Crippen LogP contribution in [0.1, 0.15) is 95.4 Å². The molecule has 43 heavy (non-hydrogen) atoms. The molecule has 2 fully saturated rings. The fourth-order valence-corrected chi connectivity index (χ4v) is 6.74. The monoisotopic (exact) mass is 595 g/mol. The van der Waals surface area contributed by atoms with Crippen molar-refractivity contribution >= 4 is 11.6 Å². The first kappa shape index (κ1) is 29.8.